The van der Waals surface area contributed by atoms with Gasteiger partial charge in [0.25, 0.3) is 0 Å². The fourth-order valence-corrected chi connectivity index (χ4v) is 4.61. The molecule has 1 aliphatic heterocycles. The predicted molar refractivity (Wildman–Crippen MR) is 129 cm³/mol. The molecule has 0 fully saturated rings. The molecule has 1 aromatic rings. The van der Waals surface area contributed by atoms with Crippen LogP contribution in [0.5, 0.6) is 11.5 Å². The summed E-state index contributed by atoms with van der Waals surface area (Å²) in [6, 6.07) is 0.676. The van der Waals surface area contributed by atoms with Crippen LogP contribution in [0.4, 0.5) is 4.79 Å². The largest absolute Gasteiger partial charge is 0.508 e. The molecule has 188 valence electrons. The number of fused-ring (bicyclic) bond motifs is 1. The lowest BCUT2D eigenvalue weighted by atomic mass is 10.0. The Hall–Kier alpha value is -2.73. The molecule has 34 heavy (non-hydrogen) atoms. The van der Waals surface area contributed by atoms with Crippen LogP contribution >= 0.6 is 24.0 Å². The van der Waals surface area contributed by atoms with Gasteiger partial charge in [-0.25, -0.2) is 14.4 Å². The van der Waals surface area contributed by atoms with Crippen molar-refractivity contribution in [3.05, 3.63) is 22.8 Å². The van der Waals surface area contributed by atoms with Crippen LogP contribution in [0.2, 0.25) is 0 Å². The minimum absolute atomic E-state index is 0.120. The maximum Gasteiger partial charge on any atom is 0.508 e. The molecule has 0 spiro atoms. The molecule has 0 saturated heterocycles. The zero-order valence-corrected chi connectivity index (χ0v) is 21.1. The minimum Gasteiger partial charge on any atom is -0.507 e. The monoisotopic (exact) mass is 515 g/mol. The first-order valence-corrected chi connectivity index (χ1v) is 12.1. The third kappa shape index (κ3) is 7.39. The average Bonchev–Trinajstić information content (AvgIpc) is 2.80. The lowest BCUT2D eigenvalue weighted by Crippen LogP contribution is -2.43. The quantitative estimate of drug-likeness (QED) is 0.347. The first kappa shape index (κ1) is 27.5. The van der Waals surface area contributed by atoms with E-state index in [1.807, 2.05) is 0 Å². The summed E-state index contributed by atoms with van der Waals surface area (Å²) in [4.78, 5) is 37.6. The van der Waals surface area contributed by atoms with E-state index in [1.165, 1.54) is 32.0 Å². The van der Waals surface area contributed by atoms with E-state index in [2.05, 4.69) is 5.32 Å². The van der Waals surface area contributed by atoms with Crippen molar-refractivity contribution in [1.82, 2.24) is 5.32 Å². The molecule has 0 radical (unpaired) electrons. The Bertz CT molecular complexity index is 922. The van der Waals surface area contributed by atoms with Gasteiger partial charge in [0, 0.05) is 35.1 Å². The Morgan fingerprint density at radius 3 is 2.74 bits per heavy atom. The second-order valence-corrected chi connectivity index (χ2v) is 8.82. The van der Waals surface area contributed by atoms with E-state index >= 15 is 0 Å². The van der Waals surface area contributed by atoms with Gasteiger partial charge in [-0.1, -0.05) is 12.2 Å². The number of methoxy groups -OCH3 is 2. The van der Waals surface area contributed by atoms with Gasteiger partial charge in [0.15, 0.2) is 0 Å². The van der Waals surface area contributed by atoms with E-state index in [9.17, 15) is 19.5 Å². The molecule has 1 heterocycles. The van der Waals surface area contributed by atoms with E-state index in [-0.39, 0.29) is 48.9 Å². The lowest BCUT2D eigenvalue weighted by molar-refractivity contribution is -0.142. The highest BCUT2D eigenvalue weighted by molar-refractivity contribution is 7.98. The number of phenols is 1. The highest BCUT2D eigenvalue weighted by Crippen LogP contribution is 2.35. The van der Waals surface area contributed by atoms with Gasteiger partial charge in [-0.05, 0) is 20.3 Å². The van der Waals surface area contributed by atoms with Crippen molar-refractivity contribution >= 4 is 47.1 Å². The second-order valence-electron chi connectivity index (χ2n) is 7.29. The van der Waals surface area contributed by atoms with Crippen molar-refractivity contribution in [1.29, 1.82) is 0 Å². The number of ether oxygens (including phenoxy) is 5. The topological polar surface area (TPSA) is 130 Å². The van der Waals surface area contributed by atoms with Crippen LogP contribution in [0.25, 0.3) is 0 Å². The van der Waals surface area contributed by atoms with Gasteiger partial charge in [0.2, 0.25) is 0 Å². The Labute approximate surface area is 207 Å². The first-order chi connectivity index (χ1) is 16.2. The van der Waals surface area contributed by atoms with Gasteiger partial charge in [0.1, 0.15) is 30.3 Å². The molecule has 0 bridgehead atoms. The van der Waals surface area contributed by atoms with Crippen LogP contribution in [0.15, 0.2) is 6.07 Å². The van der Waals surface area contributed by atoms with Gasteiger partial charge in [0.05, 0.1) is 31.4 Å². The number of carbonyl (C=O) groups is 3. The van der Waals surface area contributed by atoms with E-state index < -0.39 is 30.2 Å². The molecule has 2 atom stereocenters. The summed E-state index contributed by atoms with van der Waals surface area (Å²) in [6.45, 7) is 3.18. The number of benzene rings is 1. The van der Waals surface area contributed by atoms with Crippen molar-refractivity contribution in [3.8, 4) is 11.5 Å². The molecule has 0 aliphatic carbocycles. The Morgan fingerprint density at radius 2 is 2.09 bits per heavy atom. The van der Waals surface area contributed by atoms with Gasteiger partial charge in [-0.15, -0.1) is 0 Å². The minimum atomic E-state index is -0.900. The van der Waals surface area contributed by atoms with Crippen LogP contribution in [0.1, 0.15) is 41.3 Å². The van der Waals surface area contributed by atoms with Crippen LogP contribution in [0, 0.1) is 6.92 Å². The Balaban J connectivity index is 2.42. The number of hydrogen-bond acceptors (Lipinski definition) is 11. The van der Waals surface area contributed by atoms with Gasteiger partial charge in [-0.3, -0.25) is 0 Å². The number of hydrogen-bond donors (Lipinski definition) is 2. The predicted octanol–water partition coefficient (Wildman–Crippen LogP) is 2.89. The summed E-state index contributed by atoms with van der Waals surface area (Å²) < 4.78 is 25.7. The molecule has 1 aliphatic rings. The van der Waals surface area contributed by atoms with E-state index in [1.54, 1.807) is 13.8 Å². The van der Waals surface area contributed by atoms with E-state index in [0.717, 1.165) is 0 Å². The van der Waals surface area contributed by atoms with E-state index in [4.69, 9.17) is 35.9 Å². The number of aromatic hydroxyl groups is 1. The van der Waals surface area contributed by atoms with Gasteiger partial charge >= 0.3 is 18.1 Å². The summed E-state index contributed by atoms with van der Waals surface area (Å²) in [5, 5.41) is 13.6. The third-order valence-electron chi connectivity index (χ3n) is 5.02. The molecular weight excluding hydrogens is 486 g/mol. The van der Waals surface area contributed by atoms with Crippen LogP contribution < -0.4 is 10.1 Å². The maximum absolute atomic E-state index is 13.1. The number of esters is 2. The molecule has 10 nitrogen and oxygen atoms in total. The average molecular weight is 516 g/mol. The smallest absolute Gasteiger partial charge is 0.507 e. The number of thioether (sulfide) groups is 1. The number of carbonyl (C=O) groups excluding carboxylic acids is 3. The highest BCUT2D eigenvalue weighted by atomic mass is 32.2. The molecule has 0 unspecified atom stereocenters. The molecule has 2 N–H and O–H groups in total. The number of cyclic esters (lactones) is 1. The summed E-state index contributed by atoms with van der Waals surface area (Å²) in [6.07, 6.45) is -1.27. The van der Waals surface area contributed by atoms with Crippen LogP contribution in [-0.4, -0.2) is 73.5 Å². The fourth-order valence-electron chi connectivity index (χ4n) is 3.28. The second kappa shape index (κ2) is 13.2. The van der Waals surface area contributed by atoms with Gasteiger partial charge in [-0.2, -0.15) is 11.8 Å². The summed E-state index contributed by atoms with van der Waals surface area (Å²) >= 11 is 6.66. The van der Waals surface area contributed by atoms with Crippen molar-refractivity contribution < 1.29 is 43.2 Å². The Morgan fingerprint density at radius 1 is 1.35 bits per heavy atom. The fraction of sp³-hybridized carbons (Fsp3) is 0.545. The number of phenolic OH excluding ortho intramolecular Hbond substituents is 1. The maximum atomic E-state index is 13.1. The number of nitrogens with one attached hydrogen (secondary N) is 1. The standard InChI is InChI=1S/C22H29NO9S2/c1-5-30-22(27)32-13-6-7-18(33)23-15(20(25)29-4)11-34-10-14-16(24)8-17(28-3)12(2)19(14)21(26)31-9-13/h8,13,15,24H,5-7,9-11H2,1-4H3,(H,23,33)/t13-,15+/m1/s1. The number of thiocarbonyl (C=S) groups is 1. The number of rotatable bonds is 4. The van der Waals surface area contributed by atoms with Crippen LogP contribution in [0.3, 0.4) is 0 Å². The Kier molecular flexibility index (Phi) is 10.7. The van der Waals surface area contributed by atoms with Crippen LogP contribution in [-0.2, 0) is 29.5 Å². The highest BCUT2D eigenvalue weighted by Gasteiger charge is 2.27. The molecular formula is C22H29NO9S2. The zero-order chi connectivity index (χ0) is 25.3. The summed E-state index contributed by atoms with van der Waals surface area (Å²) in [7, 11) is 2.70. The van der Waals surface area contributed by atoms with Crippen molar-refractivity contribution in [2.75, 3.05) is 33.2 Å². The van der Waals surface area contributed by atoms with Crippen molar-refractivity contribution in [3.63, 3.8) is 0 Å². The zero-order valence-electron chi connectivity index (χ0n) is 19.5. The summed E-state index contributed by atoms with van der Waals surface area (Å²) in [5.74, 6) is -0.581. The molecule has 12 heteroatoms. The lowest BCUT2D eigenvalue weighted by Gasteiger charge is -2.23. The first-order valence-electron chi connectivity index (χ1n) is 10.6. The summed E-state index contributed by atoms with van der Waals surface area (Å²) in [5.41, 5.74) is 0.966. The van der Waals surface area contributed by atoms with Crippen molar-refractivity contribution in [2.24, 2.45) is 0 Å². The van der Waals surface area contributed by atoms with Crippen molar-refractivity contribution in [2.45, 2.75) is 44.6 Å². The molecule has 2 rings (SSSR count). The molecule has 0 amide bonds. The molecule has 0 aromatic heterocycles. The normalized spacial score (nSPS) is 19.5. The molecule has 0 saturated carbocycles. The SMILES string of the molecule is CCOC(=O)O[C@@H]1CCC(=S)N[C@H](C(=O)OC)CSCc2c(O)cc(OC)c(C)c2C(=O)OC1. The van der Waals surface area contributed by atoms with E-state index in [0.29, 0.717) is 21.9 Å². The van der Waals surface area contributed by atoms with Gasteiger partial charge < -0.3 is 34.1 Å². The molecule has 1 aromatic carbocycles. The third-order valence-corrected chi connectivity index (χ3v) is 6.40.